The van der Waals surface area contributed by atoms with Crippen LogP contribution in [0.5, 0.6) is 0 Å². The van der Waals surface area contributed by atoms with Gasteiger partial charge in [-0.1, -0.05) is 19.1 Å². The van der Waals surface area contributed by atoms with Gasteiger partial charge in [-0.3, -0.25) is 9.69 Å². The van der Waals surface area contributed by atoms with Crippen LogP contribution in [0.4, 0.5) is 4.39 Å². The molecule has 0 spiro atoms. The zero-order valence-electron chi connectivity index (χ0n) is 12.3. The van der Waals surface area contributed by atoms with Gasteiger partial charge in [0.05, 0.1) is 12.1 Å². The van der Waals surface area contributed by atoms with E-state index >= 15 is 0 Å². The lowest BCUT2D eigenvalue weighted by atomic mass is 10.0. The van der Waals surface area contributed by atoms with E-state index < -0.39 is 5.82 Å². The molecule has 4 heteroatoms. The van der Waals surface area contributed by atoms with Gasteiger partial charge in [-0.2, -0.15) is 0 Å². The average Bonchev–Trinajstić information content (AvgIpc) is 2.47. The molecule has 110 valence electrons. The molecule has 0 N–H and O–H groups in total. The van der Waals surface area contributed by atoms with E-state index in [1.54, 1.807) is 18.2 Å². The first-order chi connectivity index (χ1) is 9.61. The molecule has 1 aromatic carbocycles. The van der Waals surface area contributed by atoms with Gasteiger partial charge < -0.3 is 4.90 Å². The Morgan fingerprint density at radius 3 is 2.60 bits per heavy atom. The summed E-state index contributed by atoms with van der Waals surface area (Å²) in [6, 6.07) is 6.64. The molecule has 1 aromatic rings. The van der Waals surface area contributed by atoms with Crippen LogP contribution in [0.15, 0.2) is 24.3 Å². The van der Waals surface area contributed by atoms with Gasteiger partial charge in [-0.15, -0.1) is 0 Å². The van der Waals surface area contributed by atoms with Crippen molar-refractivity contribution in [2.24, 2.45) is 0 Å². The van der Waals surface area contributed by atoms with E-state index in [1.807, 2.05) is 7.05 Å². The third-order valence-corrected chi connectivity index (χ3v) is 4.19. The Bertz CT molecular complexity index is 456. The molecule has 1 saturated heterocycles. The number of carbonyl (C=O) groups excluding carboxylic acids is 1. The highest BCUT2D eigenvalue weighted by Crippen LogP contribution is 2.16. The third-order valence-electron chi connectivity index (χ3n) is 4.19. The summed E-state index contributed by atoms with van der Waals surface area (Å²) in [7, 11) is 1.96. The summed E-state index contributed by atoms with van der Waals surface area (Å²) in [6.07, 6.45) is 2.16. The van der Waals surface area contributed by atoms with Crippen molar-refractivity contribution in [2.75, 3.05) is 33.2 Å². The molecule has 0 aromatic heterocycles. The number of halogens is 1. The van der Waals surface area contributed by atoms with Gasteiger partial charge in [0.2, 0.25) is 0 Å². The second-order valence-electron chi connectivity index (χ2n) is 5.48. The second kappa shape index (κ2) is 6.95. The van der Waals surface area contributed by atoms with Gasteiger partial charge in [0, 0.05) is 6.04 Å². The van der Waals surface area contributed by atoms with Crippen molar-refractivity contribution >= 4 is 5.78 Å². The number of nitrogens with zero attached hydrogens (tertiary/aromatic N) is 2. The van der Waals surface area contributed by atoms with Crippen molar-refractivity contribution in [1.82, 2.24) is 9.80 Å². The van der Waals surface area contributed by atoms with Crippen LogP contribution < -0.4 is 0 Å². The molecule has 0 radical (unpaired) electrons. The average molecular weight is 278 g/mol. The molecule has 0 bridgehead atoms. The van der Waals surface area contributed by atoms with Gasteiger partial charge in [0.15, 0.2) is 5.78 Å². The van der Waals surface area contributed by atoms with Gasteiger partial charge >= 0.3 is 0 Å². The highest BCUT2D eigenvalue weighted by atomic mass is 19.1. The fourth-order valence-corrected chi connectivity index (χ4v) is 2.80. The van der Waals surface area contributed by atoms with Gasteiger partial charge in [0.25, 0.3) is 0 Å². The van der Waals surface area contributed by atoms with Crippen LogP contribution in [0.3, 0.4) is 0 Å². The maximum atomic E-state index is 13.6. The second-order valence-corrected chi connectivity index (χ2v) is 5.48. The summed E-state index contributed by atoms with van der Waals surface area (Å²) >= 11 is 0. The van der Waals surface area contributed by atoms with Crippen molar-refractivity contribution in [3.8, 4) is 0 Å². The van der Waals surface area contributed by atoms with Gasteiger partial charge in [0.1, 0.15) is 5.82 Å². The lowest BCUT2D eigenvalue weighted by Gasteiger charge is -2.36. The number of Topliss-reactive ketones (excluding diaryl/α,β-unsaturated/α-hetero) is 1. The highest BCUT2D eigenvalue weighted by Gasteiger charge is 2.23. The predicted molar refractivity (Wildman–Crippen MR) is 78.5 cm³/mol. The number of rotatable bonds is 5. The number of likely N-dealkylation sites (N-methyl/N-ethyl adjacent to an activating group) is 1. The number of hydrogen-bond acceptors (Lipinski definition) is 3. The Balaban J connectivity index is 1.90. The van der Waals surface area contributed by atoms with E-state index in [4.69, 9.17) is 0 Å². The molecule has 0 amide bonds. The smallest absolute Gasteiger partial charge is 0.179 e. The SMILES string of the molecule is CCN1CCC(N(C)CC(=O)c2ccccc2F)CC1. The molecule has 20 heavy (non-hydrogen) atoms. The third kappa shape index (κ3) is 3.64. The summed E-state index contributed by atoms with van der Waals surface area (Å²) in [6.45, 7) is 5.72. The Morgan fingerprint density at radius 2 is 2.00 bits per heavy atom. The van der Waals surface area contributed by atoms with Crippen LogP contribution in [0.1, 0.15) is 30.1 Å². The Morgan fingerprint density at radius 1 is 1.35 bits per heavy atom. The van der Waals surface area contributed by atoms with Crippen molar-refractivity contribution in [2.45, 2.75) is 25.8 Å². The van der Waals surface area contributed by atoms with Crippen LogP contribution in [0.2, 0.25) is 0 Å². The molecule has 1 aliphatic rings. The summed E-state index contributed by atoms with van der Waals surface area (Å²) < 4.78 is 13.6. The monoisotopic (exact) mass is 278 g/mol. The number of carbonyl (C=O) groups is 1. The number of likely N-dealkylation sites (tertiary alicyclic amines) is 1. The minimum atomic E-state index is -0.424. The Kier molecular flexibility index (Phi) is 5.26. The molecule has 1 heterocycles. The number of hydrogen-bond donors (Lipinski definition) is 0. The first kappa shape index (κ1) is 15.1. The van der Waals surface area contributed by atoms with Crippen LogP contribution >= 0.6 is 0 Å². The predicted octanol–water partition coefficient (Wildman–Crippen LogP) is 2.42. The maximum Gasteiger partial charge on any atom is 0.179 e. The zero-order chi connectivity index (χ0) is 14.5. The van der Waals surface area contributed by atoms with Crippen LogP contribution in [-0.4, -0.2) is 54.9 Å². The van der Waals surface area contributed by atoms with E-state index in [2.05, 4.69) is 16.7 Å². The van der Waals surface area contributed by atoms with Crippen LogP contribution in [0, 0.1) is 5.82 Å². The molecular weight excluding hydrogens is 255 g/mol. The summed E-state index contributed by atoms with van der Waals surface area (Å²) in [5, 5.41) is 0. The van der Waals surface area contributed by atoms with Crippen molar-refractivity contribution in [3.05, 3.63) is 35.6 Å². The maximum absolute atomic E-state index is 13.6. The van der Waals surface area contributed by atoms with E-state index in [1.165, 1.54) is 6.07 Å². The fourth-order valence-electron chi connectivity index (χ4n) is 2.80. The topological polar surface area (TPSA) is 23.6 Å². The largest absolute Gasteiger partial charge is 0.303 e. The summed E-state index contributed by atoms with van der Waals surface area (Å²) in [4.78, 5) is 16.6. The molecule has 1 aliphatic heterocycles. The minimum Gasteiger partial charge on any atom is -0.303 e. The van der Waals surface area contributed by atoms with Crippen molar-refractivity contribution < 1.29 is 9.18 Å². The lowest BCUT2D eigenvalue weighted by molar-refractivity contribution is 0.0855. The molecule has 0 unspecified atom stereocenters. The molecule has 0 atom stereocenters. The number of piperidine rings is 1. The molecule has 0 aliphatic carbocycles. The summed E-state index contributed by atoms with van der Waals surface area (Å²) in [5.74, 6) is -0.560. The first-order valence-electron chi connectivity index (χ1n) is 7.32. The van der Waals surface area contributed by atoms with E-state index in [-0.39, 0.29) is 17.9 Å². The molecule has 1 fully saturated rings. The molecule has 3 nitrogen and oxygen atoms in total. The lowest BCUT2D eigenvalue weighted by Crippen LogP contribution is -2.44. The molecule has 0 saturated carbocycles. The van der Waals surface area contributed by atoms with E-state index in [0.717, 1.165) is 32.5 Å². The van der Waals surface area contributed by atoms with E-state index in [0.29, 0.717) is 6.04 Å². The molecule has 2 rings (SSSR count). The first-order valence-corrected chi connectivity index (χ1v) is 7.32. The fraction of sp³-hybridized carbons (Fsp3) is 0.562. The normalized spacial score (nSPS) is 17.6. The van der Waals surface area contributed by atoms with Crippen LogP contribution in [-0.2, 0) is 0 Å². The highest BCUT2D eigenvalue weighted by molar-refractivity contribution is 5.97. The number of ketones is 1. The Hall–Kier alpha value is -1.26. The van der Waals surface area contributed by atoms with Gasteiger partial charge in [-0.05, 0) is 51.7 Å². The van der Waals surface area contributed by atoms with E-state index in [9.17, 15) is 9.18 Å². The summed E-state index contributed by atoms with van der Waals surface area (Å²) in [5.41, 5.74) is 0.199. The Labute approximate surface area is 120 Å². The standard InChI is InChI=1S/C16H23FN2O/c1-3-19-10-8-13(9-11-19)18(2)12-16(20)14-6-4-5-7-15(14)17/h4-7,13H,3,8-12H2,1-2H3. The quantitative estimate of drug-likeness (QED) is 0.773. The van der Waals surface area contributed by atoms with Gasteiger partial charge in [-0.25, -0.2) is 4.39 Å². The minimum absolute atomic E-state index is 0.136. The van der Waals surface area contributed by atoms with Crippen molar-refractivity contribution in [3.63, 3.8) is 0 Å². The van der Waals surface area contributed by atoms with Crippen LogP contribution in [0.25, 0.3) is 0 Å². The zero-order valence-corrected chi connectivity index (χ0v) is 12.3. The number of benzene rings is 1. The van der Waals surface area contributed by atoms with Crippen molar-refractivity contribution in [1.29, 1.82) is 0 Å². The molecular formula is C16H23FN2O.